The molecule has 0 fully saturated rings. The zero-order valence-corrected chi connectivity index (χ0v) is 11.1. The summed E-state index contributed by atoms with van der Waals surface area (Å²) in [7, 11) is 0. The number of benzene rings is 2. The zero-order chi connectivity index (χ0) is 14.5. The van der Waals surface area contributed by atoms with E-state index in [4.69, 9.17) is 10.6 Å². The standard InChI is InChI=1S/C15H16F2N2O/c1-2-20-11-6-3-5-10(9-11)15(19-18)12-7-4-8-13(16)14(12)17/h3-9,15,19H,2,18H2,1H3. The van der Waals surface area contributed by atoms with Gasteiger partial charge in [0.15, 0.2) is 11.6 Å². The molecule has 2 aromatic carbocycles. The molecule has 0 bridgehead atoms. The second-order valence-electron chi connectivity index (χ2n) is 4.25. The van der Waals surface area contributed by atoms with E-state index in [0.717, 1.165) is 6.07 Å². The lowest BCUT2D eigenvalue weighted by Crippen LogP contribution is -2.29. The van der Waals surface area contributed by atoms with E-state index in [0.29, 0.717) is 17.9 Å². The highest BCUT2D eigenvalue weighted by molar-refractivity contribution is 5.37. The maximum Gasteiger partial charge on any atom is 0.163 e. The van der Waals surface area contributed by atoms with Crippen molar-refractivity contribution in [3.05, 3.63) is 65.2 Å². The first-order valence-electron chi connectivity index (χ1n) is 6.30. The van der Waals surface area contributed by atoms with Crippen LogP contribution < -0.4 is 16.0 Å². The monoisotopic (exact) mass is 278 g/mol. The molecule has 106 valence electrons. The summed E-state index contributed by atoms with van der Waals surface area (Å²) in [6.07, 6.45) is 0. The van der Waals surface area contributed by atoms with Gasteiger partial charge in [0, 0.05) is 5.56 Å². The molecule has 0 aliphatic heterocycles. The molecule has 3 nitrogen and oxygen atoms in total. The Labute approximate surface area is 116 Å². The SMILES string of the molecule is CCOc1cccc(C(NN)c2cccc(F)c2F)c1. The Kier molecular flexibility index (Phi) is 4.65. The number of rotatable bonds is 5. The zero-order valence-electron chi connectivity index (χ0n) is 11.1. The first-order chi connectivity index (χ1) is 9.67. The minimum absolute atomic E-state index is 0.154. The molecule has 0 saturated carbocycles. The Bertz CT molecular complexity index is 590. The molecule has 0 aromatic heterocycles. The fourth-order valence-electron chi connectivity index (χ4n) is 2.06. The van der Waals surface area contributed by atoms with Gasteiger partial charge in [0.25, 0.3) is 0 Å². The second kappa shape index (κ2) is 6.45. The lowest BCUT2D eigenvalue weighted by molar-refractivity contribution is 0.339. The molecule has 20 heavy (non-hydrogen) atoms. The van der Waals surface area contributed by atoms with Crippen LogP contribution in [0, 0.1) is 11.6 Å². The van der Waals surface area contributed by atoms with Crippen LogP contribution in [0.15, 0.2) is 42.5 Å². The number of nitrogens with one attached hydrogen (secondary N) is 1. The number of ether oxygens (including phenoxy) is 1. The van der Waals surface area contributed by atoms with Crippen molar-refractivity contribution in [2.75, 3.05) is 6.61 Å². The molecular formula is C15H16F2N2O. The van der Waals surface area contributed by atoms with Gasteiger partial charge in [-0.15, -0.1) is 0 Å². The Balaban J connectivity index is 2.41. The van der Waals surface area contributed by atoms with Crippen LogP contribution in [0.4, 0.5) is 8.78 Å². The third-order valence-electron chi connectivity index (χ3n) is 2.96. The number of hydrogen-bond acceptors (Lipinski definition) is 3. The van der Waals surface area contributed by atoms with Gasteiger partial charge in [-0.1, -0.05) is 24.3 Å². The maximum atomic E-state index is 13.9. The molecule has 0 heterocycles. The summed E-state index contributed by atoms with van der Waals surface area (Å²) in [4.78, 5) is 0. The van der Waals surface area contributed by atoms with Gasteiger partial charge in [0.1, 0.15) is 5.75 Å². The van der Waals surface area contributed by atoms with E-state index in [1.807, 2.05) is 6.92 Å². The van der Waals surface area contributed by atoms with E-state index < -0.39 is 17.7 Å². The van der Waals surface area contributed by atoms with Crippen molar-refractivity contribution >= 4 is 0 Å². The van der Waals surface area contributed by atoms with Gasteiger partial charge < -0.3 is 4.74 Å². The van der Waals surface area contributed by atoms with Gasteiger partial charge >= 0.3 is 0 Å². The molecule has 0 radical (unpaired) electrons. The lowest BCUT2D eigenvalue weighted by atomic mass is 9.98. The Hall–Kier alpha value is -1.98. The minimum atomic E-state index is -0.905. The first-order valence-corrected chi connectivity index (χ1v) is 6.30. The van der Waals surface area contributed by atoms with Crippen molar-refractivity contribution in [2.24, 2.45) is 5.84 Å². The van der Waals surface area contributed by atoms with E-state index >= 15 is 0 Å². The highest BCUT2D eigenvalue weighted by Gasteiger charge is 2.19. The van der Waals surface area contributed by atoms with E-state index in [-0.39, 0.29) is 5.56 Å². The van der Waals surface area contributed by atoms with E-state index in [1.165, 1.54) is 12.1 Å². The summed E-state index contributed by atoms with van der Waals surface area (Å²) in [5, 5.41) is 0. The quantitative estimate of drug-likeness (QED) is 0.653. The molecule has 0 aliphatic rings. The highest BCUT2D eigenvalue weighted by Crippen LogP contribution is 2.27. The van der Waals surface area contributed by atoms with Crippen molar-refractivity contribution in [1.82, 2.24) is 5.43 Å². The second-order valence-corrected chi connectivity index (χ2v) is 4.25. The van der Waals surface area contributed by atoms with Gasteiger partial charge in [-0.3, -0.25) is 5.84 Å². The summed E-state index contributed by atoms with van der Waals surface area (Å²) >= 11 is 0. The van der Waals surface area contributed by atoms with Crippen LogP contribution in [0.5, 0.6) is 5.75 Å². The molecule has 1 atom stereocenters. The van der Waals surface area contributed by atoms with E-state index in [2.05, 4.69) is 5.43 Å². The predicted octanol–water partition coefficient (Wildman–Crippen LogP) is 2.92. The van der Waals surface area contributed by atoms with Gasteiger partial charge in [-0.25, -0.2) is 14.2 Å². The number of nitrogens with two attached hydrogens (primary N) is 1. The maximum absolute atomic E-state index is 13.9. The van der Waals surface area contributed by atoms with Crippen LogP contribution >= 0.6 is 0 Å². The van der Waals surface area contributed by atoms with Gasteiger partial charge in [-0.2, -0.15) is 0 Å². The smallest absolute Gasteiger partial charge is 0.163 e. The van der Waals surface area contributed by atoms with Crippen LogP contribution in [-0.2, 0) is 0 Å². The average Bonchev–Trinajstić information content (AvgIpc) is 2.45. The van der Waals surface area contributed by atoms with Crippen LogP contribution in [0.3, 0.4) is 0 Å². The molecule has 0 aliphatic carbocycles. The first kappa shape index (κ1) is 14.4. The summed E-state index contributed by atoms with van der Waals surface area (Å²) in [5.41, 5.74) is 3.36. The largest absolute Gasteiger partial charge is 0.494 e. The van der Waals surface area contributed by atoms with Crippen LogP contribution in [0.1, 0.15) is 24.1 Å². The summed E-state index contributed by atoms with van der Waals surface area (Å²) < 4.78 is 32.6. The third-order valence-corrected chi connectivity index (χ3v) is 2.96. The van der Waals surface area contributed by atoms with E-state index in [9.17, 15) is 8.78 Å². The third kappa shape index (κ3) is 2.95. The number of hydrogen-bond donors (Lipinski definition) is 2. The van der Waals surface area contributed by atoms with Gasteiger partial charge in [0.2, 0.25) is 0 Å². The summed E-state index contributed by atoms with van der Waals surface area (Å²) in [6.45, 7) is 2.40. The minimum Gasteiger partial charge on any atom is -0.494 e. The molecular weight excluding hydrogens is 262 g/mol. The van der Waals surface area contributed by atoms with Crippen molar-refractivity contribution in [3.8, 4) is 5.75 Å². The van der Waals surface area contributed by atoms with Gasteiger partial charge in [-0.05, 0) is 30.7 Å². The lowest BCUT2D eigenvalue weighted by Gasteiger charge is -2.18. The van der Waals surface area contributed by atoms with Crippen molar-refractivity contribution in [3.63, 3.8) is 0 Å². The molecule has 0 saturated heterocycles. The van der Waals surface area contributed by atoms with Crippen LogP contribution in [0.2, 0.25) is 0 Å². The summed E-state index contributed by atoms with van der Waals surface area (Å²) in [6, 6.07) is 10.5. The molecule has 1 unspecified atom stereocenters. The molecule has 2 aromatic rings. The molecule has 3 N–H and O–H groups in total. The molecule has 0 spiro atoms. The van der Waals surface area contributed by atoms with Crippen molar-refractivity contribution < 1.29 is 13.5 Å². The average molecular weight is 278 g/mol. The normalized spacial score (nSPS) is 12.2. The highest BCUT2D eigenvalue weighted by atomic mass is 19.2. The van der Waals surface area contributed by atoms with Crippen LogP contribution in [-0.4, -0.2) is 6.61 Å². The molecule has 2 rings (SSSR count). The van der Waals surface area contributed by atoms with Crippen molar-refractivity contribution in [2.45, 2.75) is 13.0 Å². The summed E-state index contributed by atoms with van der Waals surface area (Å²) in [5.74, 6) is 4.35. The number of halogens is 2. The van der Waals surface area contributed by atoms with E-state index in [1.54, 1.807) is 24.3 Å². The fourth-order valence-corrected chi connectivity index (χ4v) is 2.06. The predicted molar refractivity (Wildman–Crippen MR) is 73.1 cm³/mol. The Morgan fingerprint density at radius 1 is 1.20 bits per heavy atom. The van der Waals surface area contributed by atoms with Gasteiger partial charge in [0.05, 0.1) is 12.6 Å². The Morgan fingerprint density at radius 2 is 1.95 bits per heavy atom. The number of hydrazine groups is 1. The van der Waals surface area contributed by atoms with Crippen LogP contribution in [0.25, 0.3) is 0 Å². The molecule has 0 amide bonds. The van der Waals surface area contributed by atoms with Crippen molar-refractivity contribution in [1.29, 1.82) is 0 Å². The Morgan fingerprint density at radius 3 is 2.65 bits per heavy atom. The fraction of sp³-hybridized carbons (Fsp3) is 0.200. The topological polar surface area (TPSA) is 47.3 Å². The molecule has 5 heteroatoms.